The molecule has 0 atom stereocenters. The van der Waals surface area contributed by atoms with E-state index in [1.54, 1.807) is 23.6 Å². The number of sulfone groups is 1. The molecule has 1 aromatic carbocycles. The van der Waals surface area contributed by atoms with Crippen LogP contribution < -0.4 is 0 Å². The second-order valence-electron chi connectivity index (χ2n) is 6.41. The summed E-state index contributed by atoms with van der Waals surface area (Å²) in [5, 5.41) is 21.5. The van der Waals surface area contributed by atoms with E-state index >= 15 is 0 Å². The lowest BCUT2D eigenvalue weighted by molar-refractivity contribution is 0.454. The smallest absolute Gasteiger partial charge is 0.226 e. The topological polar surface area (TPSA) is 78.2 Å². The van der Waals surface area contributed by atoms with Gasteiger partial charge in [-0.1, -0.05) is 33.8 Å². The Bertz CT molecular complexity index is 903. The van der Waals surface area contributed by atoms with Gasteiger partial charge in [0.2, 0.25) is 9.84 Å². The largest absolute Gasteiger partial charge is 0.507 e. The molecule has 0 aliphatic rings. The van der Waals surface area contributed by atoms with Crippen LogP contribution in [0.4, 0.5) is 0 Å². The zero-order valence-corrected chi connectivity index (χ0v) is 16.3. The standard InChI is InChI=1S/C19H21NO3S2/c1-12(2)16-9-14(10-17(13(3)4)19(16)21)8-15(11-20)25(22,23)18-6-5-7-24-18/h5-10,12-13,21H,1-4H3/b15-8-. The Balaban J connectivity index is 2.65. The van der Waals surface area contributed by atoms with Gasteiger partial charge in [-0.15, -0.1) is 11.3 Å². The number of phenolic OH excluding ortho intramolecular Hbond substituents is 1. The number of nitrogens with zero attached hydrogens (tertiary/aromatic N) is 1. The average molecular weight is 376 g/mol. The third-order valence-corrected chi connectivity index (χ3v) is 6.96. The van der Waals surface area contributed by atoms with Gasteiger partial charge in [0.05, 0.1) is 0 Å². The highest BCUT2D eigenvalue weighted by molar-refractivity contribution is 7.97. The molecule has 0 bridgehead atoms. The van der Waals surface area contributed by atoms with E-state index in [0.29, 0.717) is 5.56 Å². The first-order chi connectivity index (χ1) is 11.7. The van der Waals surface area contributed by atoms with E-state index in [9.17, 15) is 18.8 Å². The van der Waals surface area contributed by atoms with Crippen LogP contribution in [0.2, 0.25) is 0 Å². The first kappa shape index (κ1) is 19.2. The van der Waals surface area contributed by atoms with E-state index in [1.807, 2.05) is 33.8 Å². The molecule has 1 N–H and O–H groups in total. The number of allylic oxidation sites excluding steroid dienone is 1. The Morgan fingerprint density at radius 3 is 2.16 bits per heavy atom. The lowest BCUT2D eigenvalue weighted by Gasteiger charge is -2.16. The molecular weight excluding hydrogens is 354 g/mol. The van der Waals surface area contributed by atoms with Crippen molar-refractivity contribution < 1.29 is 13.5 Å². The van der Waals surface area contributed by atoms with Crippen molar-refractivity contribution in [2.24, 2.45) is 0 Å². The lowest BCUT2D eigenvalue weighted by atomic mass is 9.91. The zero-order chi connectivity index (χ0) is 18.8. The second-order valence-corrected chi connectivity index (χ2v) is 9.51. The molecule has 0 saturated carbocycles. The number of thiophene rings is 1. The normalized spacial score (nSPS) is 12.6. The van der Waals surface area contributed by atoms with Gasteiger partial charge < -0.3 is 5.11 Å². The highest BCUT2D eigenvalue weighted by Gasteiger charge is 2.22. The number of hydrogen-bond donors (Lipinski definition) is 1. The zero-order valence-electron chi connectivity index (χ0n) is 14.6. The molecule has 1 heterocycles. The van der Waals surface area contributed by atoms with Crippen LogP contribution in [0.25, 0.3) is 6.08 Å². The van der Waals surface area contributed by atoms with Gasteiger partial charge in [0.1, 0.15) is 16.0 Å². The highest BCUT2D eigenvalue weighted by Crippen LogP contribution is 2.36. The summed E-state index contributed by atoms with van der Waals surface area (Å²) in [6.45, 7) is 7.83. The molecule has 0 amide bonds. The Labute approximate surface area is 153 Å². The molecular formula is C19H21NO3S2. The molecule has 6 heteroatoms. The van der Waals surface area contributed by atoms with Gasteiger partial charge in [-0.3, -0.25) is 0 Å². The molecule has 0 unspecified atom stereocenters. The summed E-state index contributed by atoms with van der Waals surface area (Å²) in [7, 11) is -3.83. The first-order valence-corrected chi connectivity index (χ1v) is 10.3. The van der Waals surface area contributed by atoms with E-state index in [1.165, 1.54) is 12.1 Å². The summed E-state index contributed by atoms with van der Waals surface area (Å²) in [4.78, 5) is -0.301. The Kier molecular flexibility index (Phi) is 5.71. The Hall–Kier alpha value is -2.10. The number of nitriles is 1. The van der Waals surface area contributed by atoms with Crippen molar-refractivity contribution in [3.8, 4) is 11.8 Å². The van der Waals surface area contributed by atoms with Gasteiger partial charge in [-0.05, 0) is 58.2 Å². The highest BCUT2D eigenvalue weighted by atomic mass is 32.2. The van der Waals surface area contributed by atoms with Gasteiger partial charge in [0.15, 0.2) is 4.91 Å². The molecule has 2 rings (SSSR count). The molecule has 1 aromatic heterocycles. The molecule has 2 aromatic rings. The summed E-state index contributed by atoms with van der Waals surface area (Å²) in [6.07, 6.45) is 1.38. The SMILES string of the molecule is CC(C)c1cc(/C=C(/C#N)S(=O)(=O)c2cccs2)cc(C(C)C)c1O. The van der Waals surface area contributed by atoms with E-state index in [4.69, 9.17) is 0 Å². The predicted molar refractivity (Wildman–Crippen MR) is 101 cm³/mol. The number of benzene rings is 1. The van der Waals surface area contributed by atoms with Crippen LogP contribution in [-0.4, -0.2) is 13.5 Å². The van der Waals surface area contributed by atoms with Crippen LogP contribution in [0, 0.1) is 11.3 Å². The van der Waals surface area contributed by atoms with E-state index in [2.05, 4.69) is 0 Å². The maximum absolute atomic E-state index is 12.6. The number of aromatic hydroxyl groups is 1. The molecule has 4 nitrogen and oxygen atoms in total. The van der Waals surface area contributed by atoms with Gasteiger partial charge in [0, 0.05) is 0 Å². The molecule has 0 aliphatic carbocycles. The van der Waals surface area contributed by atoms with Crippen molar-refractivity contribution >= 4 is 27.3 Å². The quantitative estimate of drug-likeness (QED) is 0.743. The Morgan fingerprint density at radius 2 is 1.76 bits per heavy atom. The van der Waals surface area contributed by atoms with E-state index in [-0.39, 0.29) is 26.7 Å². The molecule has 0 radical (unpaired) electrons. The van der Waals surface area contributed by atoms with Crippen LogP contribution in [0.5, 0.6) is 5.75 Å². The summed E-state index contributed by atoms with van der Waals surface area (Å²) < 4.78 is 25.4. The maximum atomic E-state index is 12.6. The molecule has 0 spiro atoms. The predicted octanol–water partition coefficient (Wildman–Crippen LogP) is 5.04. The fourth-order valence-corrected chi connectivity index (χ4v) is 4.79. The van der Waals surface area contributed by atoms with Crippen molar-refractivity contribution in [1.29, 1.82) is 5.26 Å². The summed E-state index contributed by atoms with van der Waals surface area (Å²) in [5.41, 5.74) is 2.08. The van der Waals surface area contributed by atoms with Crippen LogP contribution in [0.15, 0.2) is 38.8 Å². The molecule has 25 heavy (non-hydrogen) atoms. The number of hydrogen-bond acceptors (Lipinski definition) is 5. The van der Waals surface area contributed by atoms with Gasteiger partial charge in [-0.25, -0.2) is 8.42 Å². The third kappa shape index (κ3) is 3.94. The average Bonchev–Trinajstić information content (AvgIpc) is 3.08. The summed E-state index contributed by atoms with van der Waals surface area (Å²) in [6, 6.07) is 8.42. The van der Waals surface area contributed by atoms with Crippen molar-refractivity contribution in [3.05, 3.63) is 51.2 Å². The lowest BCUT2D eigenvalue weighted by Crippen LogP contribution is -2.02. The molecule has 132 valence electrons. The van der Waals surface area contributed by atoms with Crippen molar-refractivity contribution in [2.45, 2.75) is 43.7 Å². The fraction of sp³-hybridized carbons (Fsp3) is 0.316. The second kappa shape index (κ2) is 7.42. The van der Waals surface area contributed by atoms with Crippen LogP contribution in [0.1, 0.15) is 56.2 Å². The molecule has 0 saturated heterocycles. The van der Waals surface area contributed by atoms with E-state index in [0.717, 1.165) is 22.5 Å². The van der Waals surface area contributed by atoms with Crippen molar-refractivity contribution in [1.82, 2.24) is 0 Å². The third-order valence-electron chi connectivity index (χ3n) is 3.89. The van der Waals surface area contributed by atoms with Crippen LogP contribution >= 0.6 is 11.3 Å². The number of phenols is 1. The molecule has 0 aliphatic heterocycles. The van der Waals surface area contributed by atoms with Gasteiger partial charge >= 0.3 is 0 Å². The summed E-state index contributed by atoms with van der Waals surface area (Å²) in [5.74, 6) is 0.386. The Morgan fingerprint density at radius 1 is 1.20 bits per heavy atom. The minimum atomic E-state index is -3.83. The maximum Gasteiger partial charge on any atom is 0.226 e. The van der Waals surface area contributed by atoms with E-state index < -0.39 is 9.84 Å². The van der Waals surface area contributed by atoms with Crippen LogP contribution in [0.3, 0.4) is 0 Å². The fourth-order valence-electron chi connectivity index (χ4n) is 2.51. The van der Waals surface area contributed by atoms with Crippen molar-refractivity contribution in [3.63, 3.8) is 0 Å². The monoisotopic (exact) mass is 375 g/mol. The van der Waals surface area contributed by atoms with Crippen LogP contribution in [-0.2, 0) is 9.84 Å². The summed E-state index contributed by atoms with van der Waals surface area (Å²) >= 11 is 1.08. The minimum Gasteiger partial charge on any atom is -0.507 e. The van der Waals surface area contributed by atoms with Crippen molar-refractivity contribution in [2.75, 3.05) is 0 Å². The molecule has 0 fully saturated rings. The van der Waals surface area contributed by atoms with Gasteiger partial charge in [0.25, 0.3) is 0 Å². The van der Waals surface area contributed by atoms with Gasteiger partial charge in [-0.2, -0.15) is 5.26 Å². The number of rotatable bonds is 5. The first-order valence-electron chi connectivity index (χ1n) is 7.95. The minimum absolute atomic E-state index is 0.0743.